The molecule has 0 saturated carbocycles. The number of nitrogens with zero attached hydrogens (tertiary/aromatic N) is 1. The maximum Gasteiger partial charge on any atom is 0.319 e. The van der Waals surface area contributed by atoms with Crippen molar-refractivity contribution in [3.8, 4) is 0 Å². The predicted molar refractivity (Wildman–Crippen MR) is 125 cm³/mol. The number of aromatic nitrogens is 1. The van der Waals surface area contributed by atoms with Crippen LogP contribution in [0.15, 0.2) is 65.6 Å². The number of halogens is 2. The molecule has 32 heavy (non-hydrogen) atoms. The zero-order valence-electron chi connectivity index (χ0n) is 17.1. The Morgan fingerprint density at radius 2 is 1.69 bits per heavy atom. The lowest BCUT2D eigenvalue weighted by atomic mass is 10.0. The highest BCUT2D eigenvalue weighted by atomic mass is 35.5. The van der Waals surface area contributed by atoms with E-state index < -0.39 is 23.6 Å². The van der Waals surface area contributed by atoms with Gasteiger partial charge in [-0.15, -0.1) is 0 Å². The molecule has 2 amide bonds. The van der Waals surface area contributed by atoms with Gasteiger partial charge in [0.1, 0.15) is 5.69 Å². The minimum atomic E-state index is -1.06. The van der Waals surface area contributed by atoms with Gasteiger partial charge in [0.15, 0.2) is 0 Å². The lowest BCUT2D eigenvalue weighted by Gasteiger charge is -2.18. The molecule has 166 valence electrons. The molecule has 1 aromatic heterocycles. The van der Waals surface area contributed by atoms with E-state index in [1.165, 1.54) is 10.6 Å². The number of aliphatic carboxylic acids is 1. The summed E-state index contributed by atoms with van der Waals surface area (Å²) in [6.07, 6.45) is 1.26. The van der Waals surface area contributed by atoms with E-state index in [9.17, 15) is 19.5 Å². The number of carbonyl (C=O) groups is 2. The summed E-state index contributed by atoms with van der Waals surface area (Å²) in [5.41, 5.74) is 1.82. The maximum absolute atomic E-state index is 12.8. The van der Waals surface area contributed by atoms with Crippen LogP contribution in [0.5, 0.6) is 0 Å². The average molecular weight is 474 g/mol. The monoisotopic (exact) mass is 473 g/mol. The molecule has 0 aliphatic rings. The molecule has 0 bridgehead atoms. The number of anilines is 1. The minimum absolute atomic E-state index is 0.0335. The third-order valence-electron chi connectivity index (χ3n) is 4.82. The Morgan fingerprint density at radius 1 is 1.03 bits per heavy atom. The van der Waals surface area contributed by atoms with Crippen molar-refractivity contribution in [2.24, 2.45) is 0 Å². The van der Waals surface area contributed by atoms with Gasteiger partial charge < -0.3 is 20.3 Å². The summed E-state index contributed by atoms with van der Waals surface area (Å²) < 4.78 is 1.37. The van der Waals surface area contributed by atoms with E-state index >= 15 is 0 Å². The highest BCUT2D eigenvalue weighted by molar-refractivity contribution is 6.35. The zero-order chi connectivity index (χ0) is 23.3. The smallest absolute Gasteiger partial charge is 0.319 e. The first kappa shape index (κ1) is 23.4. The highest BCUT2D eigenvalue weighted by Gasteiger charge is 2.19. The summed E-state index contributed by atoms with van der Waals surface area (Å²) in [6, 6.07) is 13.9. The molecule has 3 aromatic rings. The van der Waals surface area contributed by atoms with Crippen LogP contribution >= 0.6 is 23.2 Å². The second-order valence-electron chi connectivity index (χ2n) is 7.21. The second-order valence-corrected chi connectivity index (χ2v) is 8.03. The fourth-order valence-electron chi connectivity index (χ4n) is 3.15. The van der Waals surface area contributed by atoms with Gasteiger partial charge >= 0.3 is 12.0 Å². The van der Waals surface area contributed by atoms with Crippen molar-refractivity contribution in [1.82, 2.24) is 9.88 Å². The molecule has 0 spiro atoms. The van der Waals surface area contributed by atoms with Crippen molar-refractivity contribution in [2.75, 3.05) is 5.32 Å². The van der Waals surface area contributed by atoms with Crippen molar-refractivity contribution in [1.29, 1.82) is 0 Å². The van der Waals surface area contributed by atoms with Crippen molar-refractivity contribution >= 4 is 40.9 Å². The van der Waals surface area contributed by atoms with Crippen LogP contribution in [0.4, 0.5) is 10.5 Å². The summed E-state index contributed by atoms with van der Waals surface area (Å²) in [7, 11) is 0. The van der Waals surface area contributed by atoms with Gasteiger partial charge in [-0.25, -0.2) is 4.79 Å². The molecular formula is C23H21Cl2N3O4. The van der Waals surface area contributed by atoms with Crippen LogP contribution in [-0.4, -0.2) is 21.7 Å². The van der Waals surface area contributed by atoms with Gasteiger partial charge in [0.2, 0.25) is 0 Å². The molecule has 7 nitrogen and oxygen atoms in total. The fraction of sp³-hybridized carbons (Fsp3) is 0.174. The number of hydrogen-bond donors (Lipinski definition) is 3. The molecule has 3 rings (SSSR count). The molecule has 0 unspecified atom stereocenters. The van der Waals surface area contributed by atoms with Crippen LogP contribution in [0.1, 0.15) is 29.2 Å². The van der Waals surface area contributed by atoms with Crippen LogP contribution in [0.3, 0.4) is 0 Å². The number of carboxylic acid groups (broad SMARTS) is 1. The van der Waals surface area contributed by atoms with E-state index in [-0.39, 0.29) is 18.7 Å². The molecule has 9 heteroatoms. The maximum atomic E-state index is 12.8. The van der Waals surface area contributed by atoms with Gasteiger partial charge in [-0.1, -0.05) is 59.1 Å². The van der Waals surface area contributed by atoms with Crippen LogP contribution < -0.4 is 16.2 Å². The average Bonchev–Trinajstić information content (AvgIpc) is 2.73. The zero-order valence-corrected chi connectivity index (χ0v) is 18.7. The van der Waals surface area contributed by atoms with Crippen molar-refractivity contribution in [3.05, 3.63) is 97.9 Å². The molecule has 0 aliphatic carbocycles. The number of carbonyl (C=O) groups excluding carboxylic acids is 1. The molecule has 3 N–H and O–H groups in total. The second kappa shape index (κ2) is 10.3. The fourth-order valence-corrected chi connectivity index (χ4v) is 3.67. The Morgan fingerprint density at radius 3 is 2.31 bits per heavy atom. The Balaban J connectivity index is 1.78. The minimum Gasteiger partial charge on any atom is -0.481 e. The highest BCUT2D eigenvalue weighted by Crippen LogP contribution is 2.25. The Hall–Kier alpha value is -3.29. The molecule has 0 aliphatic heterocycles. The molecule has 0 radical (unpaired) electrons. The Kier molecular flexibility index (Phi) is 7.56. The normalized spacial score (nSPS) is 11.6. The van der Waals surface area contributed by atoms with Crippen LogP contribution in [0, 0.1) is 6.92 Å². The number of pyridine rings is 1. The number of nitrogens with one attached hydrogen (secondary N) is 2. The summed E-state index contributed by atoms with van der Waals surface area (Å²) in [5.74, 6) is -1.06. The van der Waals surface area contributed by atoms with Gasteiger partial charge in [-0.2, -0.15) is 0 Å². The lowest BCUT2D eigenvalue weighted by Crippen LogP contribution is -2.36. The molecular weight excluding hydrogens is 453 g/mol. The van der Waals surface area contributed by atoms with Gasteiger partial charge in [0.25, 0.3) is 5.56 Å². The van der Waals surface area contributed by atoms with Gasteiger partial charge in [-0.3, -0.25) is 9.59 Å². The third kappa shape index (κ3) is 5.90. The Labute approximate surface area is 194 Å². The number of benzene rings is 2. The molecule has 2 aromatic carbocycles. The first-order valence-electron chi connectivity index (χ1n) is 9.73. The SMILES string of the molecule is Cc1ccc([C@H](CC(=O)O)NC(=O)Nc2cccn(Cc3c(Cl)cccc3Cl)c2=O)cc1. The number of urea groups is 1. The first-order valence-corrected chi connectivity index (χ1v) is 10.5. The van der Waals surface area contributed by atoms with E-state index in [0.29, 0.717) is 21.2 Å². The van der Waals surface area contributed by atoms with Gasteiger partial charge in [-0.05, 0) is 36.8 Å². The van der Waals surface area contributed by atoms with E-state index in [4.69, 9.17) is 23.2 Å². The van der Waals surface area contributed by atoms with E-state index in [1.807, 2.05) is 19.1 Å². The van der Waals surface area contributed by atoms with Gasteiger partial charge in [0.05, 0.1) is 19.0 Å². The number of amides is 2. The summed E-state index contributed by atoms with van der Waals surface area (Å²) >= 11 is 12.4. The lowest BCUT2D eigenvalue weighted by molar-refractivity contribution is -0.137. The first-order chi connectivity index (χ1) is 15.2. The summed E-state index contributed by atoms with van der Waals surface area (Å²) in [5, 5.41) is 15.2. The standard InChI is InChI=1S/C23H21Cl2N3O4/c1-14-7-9-15(10-8-14)20(12-21(29)30)27-23(32)26-19-6-3-11-28(22(19)31)13-16-17(24)4-2-5-18(16)25/h2-11,20H,12-13H2,1H3,(H,29,30)(H2,26,27,32)/t20-/m0/s1. The topological polar surface area (TPSA) is 100 Å². The van der Waals surface area contributed by atoms with Crippen LogP contribution in [-0.2, 0) is 11.3 Å². The number of carboxylic acids is 1. The molecule has 1 atom stereocenters. The largest absolute Gasteiger partial charge is 0.481 e. The van der Waals surface area contributed by atoms with Crippen molar-refractivity contribution in [2.45, 2.75) is 25.9 Å². The van der Waals surface area contributed by atoms with Crippen molar-refractivity contribution in [3.63, 3.8) is 0 Å². The van der Waals surface area contributed by atoms with Crippen LogP contribution in [0.2, 0.25) is 10.0 Å². The quantitative estimate of drug-likeness (QED) is 0.456. The number of hydrogen-bond acceptors (Lipinski definition) is 3. The molecule has 0 fully saturated rings. The predicted octanol–water partition coefficient (Wildman–Crippen LogP) is 4.85. The number of rotatable bonds is 7. The van der Waals surface area contributed by atoms with E-state index in [1.54, 1.807) is 42.6 Å². The van der Waals surface area contributed by atoms with E-state index in [0.717, 1.165) is 5.56 Å². The Bertz CT molecular complexity index is 1170. The third-order valence-corrected chi connectivity index (χ3v) is 5.53. The summed E-state index contributed by atoms with van der Waals surface area (Å²) in [6.45, 7) is 2.03. The van der Waals surface area contributed by atoms with Crippen molar-refractivity contribution < 1.29 is 14.7 Å². The van der Waals surface area contributed by atoms with Gasteiger partial charge in [0, 0.05) is 21.8 Å². The molecule has 1 heterocycles. The molecule has 0 saturated heterocycles. The van der Waals surface area contributed by atoms with Crippen LogP contribution in [0.25, 0.3) is 0 Å². The summed E-state index contributed by atoms with van der Waals surface area (Å²) in [4.78, 5) is 36.7. The number of aryl methyl sites for hydroxylation is 1. The van der Waals surface area contributed by atoms with E-state index in [2.05, 4.69) is 10.6 Å².